The molecule has 3 aromatic rings. The minimum absolute atomic E-state index is 0.113. The molecule has 1 spiro atoms. The summed E-state index contributed by atoms with van der Waals surface area (Å²) in [7, 11) is -1.98. The smallest absolute Gasteiger partial charge is 0.406 e. The minimum atomic E-state index is -4.42. The van der Waals surface area contributed by atoms with Crippen LogP contribution < -0.4 is 15.4 Å². The van der Waals surface area contributed by atoms with E-state index in [4.69, 9.17) is 9.47 Å². The van der Waals surface area contributed by atoms with Crippen LogP contribution in [0.4, 0.5) is 24.5 Å². The lowest BCUT2D eigenvalue weighted by molar-refractivity contribution is -0.200. The summed E-state index contributed by atoms with van der Waals surface area (Å²) < 4.78 is 76.6. The molecule has 1 saturated carbocycles. The van der Waals surface area contributed by atoms with Crippen LogP contribution in [0.25, 0.3) is 10.9 Å². The van der Waals surface area contributed by atoms with Gasteiger partial charge in [-0.15, -0.1) is 0 Å². The molecule has 2 aromatic carbocycles. The third-order valence-electron chi connectivity index (χ3n) is 8.93. The standard InChI is InChI=1S/C32H37F3N4O4S/c1-42-30-16-25(44(2,40)41)12-13-28(30)36-14-4-5-24-15-26-27(6-3-7-29(26)39(24)19-32(33,34)35)37-22-8-10-23(11-9-22)38-17-31(18-38)20-43-21-31/h3,6-7,12-13,15-16,22-23,36-37H,8-11,14,17-21H2,1-2H3. The molecule has 2 N–H and O–H groups in total. The molecule has 8 nitrogen and oxygen atoms in total. The number of benzene rings is 2. The van der Waals surface area contributed by atoms with Crippen LogP contribution in [0, 0.1) is 17.3 Å². The normalized spacial score (nSPS) is 21.7. The Labute approximate surface area is 255 Å². The van der Waals surface area contributed by atoms with Gasteiger partial charge in [-0.05, 0) is 61.9 Å². The number of methoxy groups -OCH3 is 1. The van der Waals surface area contributed by atoms with Crippen molar-refractivity contribution < 1.29 is 31.1 Å². The topological polar surface area (TPSA) is 84.8 Å². The van der Waals surface area contributed by atoms with Crippen LogP contribution in [-0.4, -0.2) is 82.4 Å². The van der Waals surface area contributed by atoms with Crippen LogP contribution in [0.1, 0.15) is 31.4 Å². The van der Waals surface area contributed by atoms with Gasteiger partial charge in [0.2, 0.25) is 0 Å². The van der Waals surface area contributed by atoms with Crippen LogP contribution in [0.3, 0.4) is 0 Å². The number of hydrogen-bond donors (Lipinski definition) is 2. The van der Waals surface area contributed by atoms with E-state index in [2.05, 4.69) is 27.4 Å². The highest BCUT2D eigenvalue weighted by Gasteiger charge is 2.50. The molecule has 0 radical (unpaired) electrons. The van der Waals surface area contributed by atoms with Crippen LogP contribution in [0.5, 0.6) is 5.75 Å². The summed E-state index contributed by atoms with van der Waals surface area (Å²) in [5.74, 6) is 6.16. The fraction of sp³-hybridized carbons (Fsp3) is 0.500. The molecular weight excluding hydrogens is 593 g/mol. The number of fused-ring (bicyclic) bond motifs is 1. The highest BCUT2D eigenvalue weighted by Crippen LogP contribution is 2.41. The maximum atomic E-state index is 13.7. The average molecular weight is 631 g/mol. The Balaban J connectivity index is 1.16. The summed E-state index contributed by atoms with van der Waals surface area (Å²) >= 11 is 0. The monoisotopic (exact) mass is 630 g/mol. The van der Waals surface area contributed by atoms with E-state index in [1.807, 2.05) is 6.07 Å². The van der Waals surface area contributed by atoms with Gasteiger partial charge in [-0.25, -0.2) is 8.42 Å². The number of halogens is 3. The number of aromatic nitrogens is 1. The summed E-state index contributed by atoms with van der Waals surface area (Å²) in [6, 6.07) is 12.4. The van der Waals surface area contributed by atoms with Crippen molar-refractivity contribution in [2.45, 2.75) is 55.4 Å². The lowest BCUT2D eigenvalue weighted by Crippen LogP contribution is -2.68. The number of anilines is 2. The molecule has 3 heterocycles. The Kier molecular flexibility index (Phi) is 8.24. The number of alkyl halides is 3. The van der Waals surface area contributed by atoms with E-state index in [1.165, 1.54) is 23.8 Å². The predicted molar refractivity (Wildman–Crippen MR) is 164 cm³/mol. The second-order valence-corrected chi connectivity index (χ2v) is 14.3. The second-order valence-electron chi connectivity index (χ2n) is 12.3. The van der Waals surface area contributed by atoms with Crippen molar-refractivity contribution in [3.8, 4) is 17.6 Å². The molecule has 3 fully saturated rings. The Morgan fingerprint density at radius 1 is 1.07 bits per heavy atom. The van der Waals surface area contributed by atoms with E-state index in [9.17, 15) is 21.6 Å². The average Bonchev–Trinajstić information content (AvgIpc) is 3.26. The minimum Gasteiger partial charge on any atom is -0.495 e. The van der Waals surface area contributed by atoms with Crippen molar-refractivity contribution in [3.05, 3.63) is 48.2 Å². The molecule has 3 aliphatic rings. The maximum absolute atomic E-state index is 13.7. The first-order valence-electron chi connectivity index (χ1n) is 14.8. The van der Waals surface area contributed by atoms with Gasteiger partial charge in [0.25, 0.3) is 0 Å². The molecule has 12 heteroatoms. The second kappa shape index (κ2) is 11.8. The highest BCUT2D eigenvalue weighted by molar-refractivity contribution is 7.90. The van der Waals surface area contributed by atoms with Gasteiger partial charge >= 0.3 is 6.18 Å². The number of nitrogens with zero attached hydrogens (tertiary/aromatic N) is 2. The first kappa shape index (κ1) is 30.6. The van der Waals surface area contributed by atoms with Crippen molar-refractivity contribution in [2.75, 3.05) is 56.8 Å². The fourth-order valence-corrected chi connectivity index (χ4v) is 7.27. The third kappa shape index (κ3) is 6.50. The van der Waals surface area contributed by atoms with Gasteiger partial charge in [0.15, 0.2) is 9.84 Å². The first-order chi connectivity index (χ1) is 20.9. The van der Waals surface area contributed by atoms with Crippen LogP contribution in [0.2, 0.25) is 0 Å². The number of ether oxygens (including phenoxy) is 2. The molecule has 6 rings (SSSR count). The van der Waals surface area contributed by atoms with Crippen LogP contribution in [0.15, 0.2) is 47.4 Å². The van der Waals surface area contributed by atoms with E-state index < -0.39 is 22.6 Å². The van der Waals surface area contributed by atoms with Gasteiger partial charge in [0.05, 0.1) is 48.7 Å². The molecule has 0 amide bonds. The molecular formula is C32H37F3N4O4S. The molecule has 1 aliphatic carbocycles. The first-order valence-corrected chi connectivity index (χ1v) is 16.7. The number of likely N-dealkylation sites (tertiary alicyclic amines) is 1. The Bertz CT molecular complexity index is 1690. The summed E-state index contributed by atoms with van der Waals surface area (Å²) in [6.45, 7) is 3.00. The quantitative estimate of drug-likeness (QED) is 0.334. The Hall–Kier alpha value is -3.40. The molecule has 44 heavy (non-hydrogen) atoms. The SMILES string of the molecule is COc1cc(S(C)(=O)=O)ccc1NCC#Cc1cc2c(NC3CCC(N4CC5(COC5)C4)CC3)cccc2n1CC(F)(F)F. The summed E-state index contributed by atoms with van der Waals surface area (Å²) in [6.07, 6.45) is 0.920. The van der Waals surface area contributed by atoms with Crippen molar-refractivity contribution in [3.63, 3.8) is 0 Å². The Morgan fingerprint density at radius 2 is 1.82 bits per heavy atom. The molecule has 0 atom stereocenters. The zero-order valence-corrected chi connectivity index (χ0v) is 25.7. The van der Waals surface area contributed by atoms with Gasteiger partial charge in [-0.3, -0.25) is 4.90 Å². The van der Waals surface area contributed by atoms with Gasteiger partial charge in [0, 0.05) is 54.0 Å². The van der Waals surface area contributed by atoms with Crippen LogP contribution in [-0.2, 0) is 21.1 Å². The van der Waals surface area contributed by atoms with E-state index in [1.54, 1.807) is 24.3 Å². The number of nitrogens with one attached hydrogen (secondary N) is 2. The molecule has 0 bridgehead atoms. The maximum Gasteiger partial charge on any atom is 0.406 e. The van der Waals surface area contributed by atoms with E-state index in [0.29, 0.717) is 33.8 Å². The third-order valence-corrected chi connectivity index (χ3v) is 10.0. The fourth-order valence-electron chi connectivity index (χ4n) is 6.64. The van der Waals surface area contributed by atoms with Gasteiger partial charge in [0.1, 0.15) is 12.3 Å². The van der Waals surface area contributed by atoms with Crippen molar-refractivity contribution in [1.82, 2.24) is 9.47 Å². The Morgan fingerprint density at radius 3 is 2.45 bits per heavy atom. The zero-order chi connectivity index (χ0) is 31.1. The number of sulfone groups is 1. The number of rotatable bonds is 8. The molecule has 236 valence electrons. The van der Waals surface area contributed by atoms with Crippen LogP contribution >= 0.6 is 0 Å². The highest BCUT2D eigenvalue weighted by atomic mass is 32.2. The summed E-state index contributed by atoms with van der Waals surface area (Å²) in [5, 5.41) is 7.40. The lowest BCUT2D eigenvalue weighted by atomic mass is 9.75. The van der Waals surface area contributed by atoms with E-state index in [0.717, 1.165) is 63.9 Å². The molecule has 1 aromatic heterocycles. The number of hydrogen-bond acceptors (Lipinski definition) is 7. The molecule has 2 aliphatic heterocycles. The van der Waals surface area contributed by atoms with Gasteiger partial charge < -0.3 is 24.7 Å². The summed E-state index contributed by atoms with van der Waals surface area (Å²) in [4.78, 5) is 2.70. The molecule has 2 saturated heterocycles. The predicted octanol–water partition coefficient (Wildman–Crippen LogP) is 5.13. The molecule has 0 unspecified atom stereocenters. The largest absolute Gasteiger partial charge is 0.495 e. The van der Waals surface area contributed by atoms with Gasteiger partial charge in [-0.1, -0.05) is 12.0 Å². The van der Waals surface area contributed by atoms with Crippen molar-refractivity contribution in [2.24, 2.45) is 5.41 Å². The van der Waals surface area contributed by atoms with E-state index in [-0.39, 0.29) is 23.2 Å². The van der Waals surface area contributed by atoms with E-state index >= 15 is 0 Å². The summed E-state index contributed by atoms with van der Waals surface area (Å²) in [5.41, 5.74) is 2.49. The lowest BCUT2D eigenvalue weighted by Gasteiger charge is -2.58. The van der Waals surface area contributed by atoms with Crippen molar-refractivity contribution >= 4 is 32.1 Å². The zero-order valence-electron chi connectivity index (χ0n) is 24.8. The van der Waals surface area contributed by atoms with Gasteiger partial charge in [-0.2, -0.15) is 13.2 Å². The van der Waals surface area contributed by atoms with Crippen molar-refractivity contribution in [1.29, 1.82) is 0 Å².